The molecule has 0 radical (unpaired) electrons. The van der Waals surface area contributed by atoms with Crippen molar-refractivity contribution >= 4 is 11.9 Å². The van der Waals surface area contributed by atoms with Crippen LogP contribution >= 0.6 is 0 Å². The van der Waals surface area contributed by atoms with Crippen molar-refractivity contribution in [2.24, 2.45) is 11.8 Å². The minimum absolute atomic E-state index is 0.0642. The average molecular weight is 321 g/mol. The van der Waals surface area contributed by atoms with Crippen LogP contribution in [0.2, 0.25) is 0 Å². The molecule has 0 saturated carbocycles. The first kappa shape index (κ1) is 19.0. The Balaban J connectivity index is 2.49. The Hall–Kier alpha value is -2.04. The maximum atomic E-state index is 12.0. The van der Waals surface area contributed by atoms with E-state index >= 15 is 0 Å². The summed E-state index contributed by atoms with van der Waals surface area (Å²) in [6, 6.07) is 7.62. The standard InChI is InChI=1S/C18H27NO4/c1-12(2)9-15(18(21)22)11-19-17(20)10-13(3)14-5-7-16(23-4)8-6-14/h5-8,12-13,15H,9-11H2,1-4H3,(H,19,20)(H,21,22). The molecule has 1 aromatic carbocycles. The summed E-state index contributed by atoms with van der Waals surface area (Å²) in [6.07, 6.45) is 0.893. The highest BCUT2D eigenvalue weighted by atomic mass is 16.5. The molecule has 0 fully saturated rings. The second-order valence-corrected chi connectivity index (χ2v) is 6.35. The largest absolute Gasteiger partial charge is 0.497 e. The van der Waals surface area contributed by atoms with Gasteiger partial charge in [0, 0.05) is 13.0 Å². The summed E-state index contributed by atoms with van der Waals surface area (Å²) in [7, 11) is 1.61. The minimum Gasteiger partial charge on any atom is -0.497 e. The summed E-state index contributed by atoms with van der Waals surface area (Å²) in [5.74, 6) is -0.385. The number of carbonyl (C=O) groups excluding carboxylic acids is 1. The lowest BCUT2D eigenvalue weighted by atomic mass is 9.96. The molecule has 0 bridgehead atoms. The maximum Gasteiger partial charge on any atom is 0.308 e. The predicted octanol–water partition coefficient (Wildman–Crippen LogP) is 3.05. The molecule has 2 atom stereocenters. The second-order valence-electron chi connectivity index (χ2n) is 6.35. The summed E-state index contributed by atoms with van der Waals surface area (Å²) >= 11 is 0. The molecule has 5 nitrogen and oxygen atoms in total. The average Bonchev–Trinajstić information content (AvgIpc) is 2.50. The van der Waals surface area contributed by atoms with E-state index in [2.05, 4.69) is 5.32 Å². The van der Waals surface area contributed by atoms with Crippen LogP contribution in [0, 0.1) is 11.8 Å². The van der Waals surface area contributed by atoms with E-state index in [9.17, 15) is 14.7 Å². The van der Waals surface area contributed by atoms with Crippen LogP contribution in [0.1, 0.15) is 45.1 Å². The van der Waals surface area contributed by atoms with Crippen molar-refractivity contribution < 1.29 is 19.4 Å². The summed E-state index contributed by atoms with van der Waals surface area (Å²) < 4.78 is 5.11. The Morgan fingerprint density at radius 3 is 2.26 bits per heavy atom. The van der Waals surface area contributed by atoms with Gasteiger partial charge in [-0.2, -0.15) is 0 Å². The number of rotatable bonds is 9. The van der Waals surface area contributed by atoms with Gasteiger partial charge in [-0.05, 0) is 36.0 Å². The number of amides is 1. The normalized spacial score (nSPS) is 13.4. The molecule has 2 unspecified atom stereocenters. The fraction of sp³-hybridized carbons (Fsp3) is 0.556. The molecule has 1 rings (SSSR count). The molecule has 0 aliphatic heterocycles. The van der Waals surface area contributed by atoms with Gasteiger partial charge in [-0.25, -0.2) is 0 Å². The number of carbonyl (C=O) groups is 2. The van der Waals surface area contributed by atoms with E-state index in [0.717, 1.165) is 11.3 Å². The third-order valence-corrected chi connectivity index (χ3v) is 3.83. The molecular weight excluding hydrogens is 294 g/mol. The molecule has 0 aromatic heterocycles. The van der Waals surface area contributed by atoms with Gasteiger partial charge in [-0.3, -0.25) is 9.59 Å². The minimum atomic E-state index is -0.859. The molecule has 5 heteroatoms. The van der Waals surface area contributed by atoms with E-state index in [1.54, 1.807) is 7.11 Å². The van der Waals surface area contributed by atoms with Crippen molar-refractivity contribution in [2.45, 2.75) is 39.5 Å². The Morgan fingerprint density at radius 2 is 1.78 bits per heavy atom. The van der Waals surface area contributed by atoms with Gasteiger partial charge in [0.2, 0.25) is 5.91 Å². The van der Waals surface area contributed by atoms with Crippen LogP contribution in [0.4, 0.5) is 0 Å². The third-order valence-electron chi connectivity index (χ3n) is 3.83. The molecule has 0 saturated heterocycles. The van der Waals surface area contributed by atoms with Gasteiger partial charge < -0.3 is 15.2 Å². The van der Waals surface area contributed by atoms with Crippen molar-refractivity contribution in [1.82, 2.24) is 5.32 Å². The first-order valence-corrected chi connectivity index (χ1v) is 7.97. The van der Waals surface area contributed by atoms with Gasteiger partial charge in [0.25, 0.3) is 0 Å². The van der Waals surface area contributed by atoms with Crippen molar-refractivity contribution in [3.05, 3.63) is 29.8 Å². The number of ether oxygens (including phenoxy) is 1. The number of hydrogen-bond acceptors (Lipinski definition) is 3. The number of benzene rings is 1. The number of carboxylic acids is 1. The van der Waals surface area contributed by atoms with Gasteiger partial charge in [-0.15, -0.1) is 0 Å². The van der Waals surface area contributed by atoms with E-state index in [4.69, 9.17) is 4.74 Å². The van der Waals surface area contributed by atoms with Crippen LogP contribution < -0.4 is 10.1 Å². The molecule has 1 amide bonds. The van der Waals surface area contributed by atoms with Gasteiger partial charge in [-0.1, -0.05) is 32.9 Å². The molecule has 0 aliphatic carbocycles. The van der Waals surface area contributed by atoms with Crippen LogP contribution in [0.5, 0.6) is 5.75 Å². The number of carboxylic acid groups (broad SMARTS) is 1. The summed E-state index contributed by atoms with van der Waals surface area (Å²) in [6.45, 7) is 6.11. The highest BCUT2D eigenvalue weighted by Gasteiger charge is 2.20. The zero-order chi connectivity index (χ0) is 17.4. The van der Waals surface area contributed by atoms with Crippen LogP contribution in [0.25, 0.3) is 0 Å². The maximum absolute atomic E-state index is 12.0. The van der Waals surface area contributed by atoms with E-state index in [1.807, 2.05) is 45.0 Å². The van der Waals surface area contributed by atoms with Gasteiger partial charge in [0.05, 0.1) is 13.0 Å². The van der Waals surface area contributed by atoms with Crippen molar-refractivity contribution in [1.29, 1.82) is 0 Å². The Bertz CT molecular complexity index is 510. The fourth-order valence-electron chi connectivity index (χ4n) is 2.48. The first-order chi connectivity index (χ1) is 10.8. The molecule has 0 heterocycles. The molecule has 0 aliphatic rings. The van der Waals surface area contributed by atoms with E-state index in [-0.39, 0.29) is 24.3 Å². The molecule has 128 valence electrons. The Morgan fingerprint density at radius 1 is 1.17 bits per heavy atom. The molecule has 23 heavy (non-hydrogen) atoms. The van der Waals surface area contributed by atoms with Crippen LogP contribution in [0.15, 0.2) is 24.3 Å². The summed E-state index contributed by atoms with van der Waals surface area (Å²) in [4.78, 5) is 23.2. The summed E-state index contributed by atoms with van der Waals surface area (Å²) in [5, 5.41) is 11.9. The van der Waals surface area contributed by atoms with Crippen LogP contribution in [0.3, 0.4) is 0 Å². The van der Waals surface area contributed by atoms with Gasteiger partial charge in [0.1, 0.15) is 5.75 Å². The third kappa shape index (κ3) is 6.72. The lowest BCUT2D eigenvalue weighted by Crippen LogP contribution is -2.34. The SMILES string of the molecule is COc1ccc(C(C)CC(=O)NCC(CC(C)C)C(=O)O)cc1. The number of nitrogens with one attached hydrogen (secondary N) is 1. The number of methoxy groups -OCH3 is 1. The van der Waals surface area contributed by atoms with Crippen molar-refractivity contribution in [3.63, 3.8) is 0 Å². The number of aliphatic carboxylic acids is 1. The quantitative estimate of drug-likeness (QED) is 0.733. The smallest absolute Gasteiger partial charge is 0.308 e. The Kier molecular flexibility index (Phi) is 7.59. The molecule has 0 spiro atoms. The molecule has 1 aromatic rings. The zero-order valence-electron chi connectivity index (χ0n) is 14.3. The molecular formula is C18H27NO4. The topological polar surface area (TPSA) is 75.6 Å². The fourth-order valence-corrected chi connectivity index (χ4v) is 2.48. The lowest BCUT2D eigenvalue weighted by Gasteiger charge is -2.17. The van der Waals surface area contributed by atoms with E-state index < -0.39 is 11.9 Å². The van der Waals surface area contributed by atoms with Gasteiger partial charge in [0.15, 0.2) is 0 Å². The molecule has 2 N–H and O–H groups in total. The van der Waals surface area contributed by atoms with Crippen LogP contribution in [-0.2, 0) is 9.59 Å². The van der Waals surface area contributed by atoms with Gasteiger partial charge >= 0.3 is 5.97 Å². The predicted molar refractivity (Wildman–Crippen MR) is 89.6 cm³/mol. The van der Waals surface area contributed by atoms with Crippen LogP contribution in [-0.4, -0.2) is 30.6 Å². The zero-order valence-corrected chi connectivity index (χ0v) is 14.3. The summed E-state index contributed by atoms with van der Waals surface area (Å²) in [5.41, 5.74) is 1.05. The number of hydrogen-bond donors (Lipinski definition) is 2. The lowest BCUT2D eigenvalue weighted by molar-refractivity contribution is -0.142. The van der Waals surface area contributed by atoms with E-state index in [0.29, 0.717) is 12.8 Å². The van der Waals surface area contributed by atoms with Crippen molar-refractivity contribution in [3.8, 4) is 5.75 Å². The Labute approximate surface area is 138 Å². The van der Waals surface area contributed by atoms with E-state index in [1.165, 1.54) is 0 Å². The monoisotopic (exact) mass is 321 g/mol. The highest BCUT2D eigenvalue weighted by molar-refractivity contribution is 5.78. The first-order valence-electron chi connectivity index (χ1n) is 7.97. The second kappa shape index (κ2) is 9.18. The highest BCUT2D eigenvalue weighted by Crippen LogP contribution is 2.21. The van der Waals surface area contributed by atoms with Crippen molar-refractivity contribution in [2.75, 3.05) is 13.7 Å².